The highest BCUT2D eigenvalue weighted by molar-refractivity contribution is 7.89. The number of sulfonamides is 2. The monoisotopic (exact) mass is 546 g/mol. The van der Waals surface area contributed by atoms with Crippen molar-refractivity contribution in [1.82, 2.24) is 8.94 Å². The average Bonchev–Trinajstić information content (AvgIpc) is 2.85. The molecule has 0 radical (unpaired) electrons. The summed E-state index contributed by atoms with van der Waals surface area (Å²) in [5.41, 5.74) is -1.14. The summed E-state index contributed by atoms with van der Waals surface area (Å²) in [5.74, 6) is 0. The molecule has 36 heavy (non-hydrogen) atoms. The van der Waals surface area contributed by atoms with Gasteiger partial charge in [-0.05, 0) is 25.0 Å². The fraction of sp³-hybridized carbons (Fsp3) is 0.400. The second-order valence-electron chi connectivity index (χ2n) is 7.29. The Morgan fingerprint density at radius 1 is 0.667 bits per heavy atom. The zero-order chi connectivity index (χ0) is 26.9. The summed E-state index contributed by atoms with van der Waals surface area (Å²) in [7, 11) is -6.31. The topological polar surface area (TPSA) is 179 Å². The van der Waals surface area contributed by atoms with Crippen LogP contribution in [0.15, 0.2) is 58.3 Å². The molecular formula is C20H26N4O10S2. The van der Waals surface area contributed by atoms with Crippen LogP contribution in [0.1, 0.15) is 25.7 Å². The van der Waals surface area contributed by atoms with Gasteiger partial charge in [-0.15, -0.1) is 0 Å². The minimum absolute atomic E-state index is 0.0899. The van der Waals surface area contributed by atoms with Crippen LogP contribution in [-0.2, 0) is 29.7 Å². The van der Waals surface area contributed by atoms with Crippen LogP contribution in [0.2, 0.25) is 0 Å². The summed E-state index contributed by atoms with van der Waals surface area (Å²) in [4.78, 5) is 29.7. The molecule has 2 rings (SSSR count). The van der Waals surface area contributed by atoms with E-state index in [1.165, 1.54) is 24.3 Å². The molecule has 0 aromatic heterocycles. The molecule has 2 aromatic rings. The lowest BCUT2D eigenvalue weighted by atomic mass is 10.2. The van der Waals surface area contributed by atoms with Gasteiger partial charge in [0.25, 0.3) is 31.4 Å². The lowest BCUT2D eigenvalue weighted by Gasteiger charge is -2.20. The predicted octanol–water partition coefficient (Wildman–Crippen LogP) is 2.87. The molecule has 0 saturated heterocycles. The van der Waals surface area contributed by atoms with E-state index in [9.17, 15) is 37.1 Å². The van der Waals surface area contributed by atoms with Gasteiger partial charge < -0.3 is 0 Å². The van der Waals surface area contributed by atoms with E-state index in [0.717, 1.165) is 38.5 Å². The minimum atomic E-state index is -4.29. The van der Waals surface area contributed by atoms with E-state index in [0.29, 0.717) is 34.6 Å². The summed E-state index contributed by atoms with van der Waals surface area (Å²) >= 11 is 0. The SMILES string of the molecule is CON(CCCCCCN(OC)S(=O)(=O)c1ccccc1[N+](=O)[O-])S(=O)(=O)c1ccccc1[N+](=O)[O-]. The molecule has 14 nitrogen and oxygen atoms in total. The molecule has 0 N–H and O–H groups in total. The smallest absolute Gasteiger partial charge is 0.287 e. The molecule has 198 valence electrons. The first-order valence-electron chi connectivity index (χ1n) is 10.6. The number of hydroxylamine groups is 2. The molecule has 0 aliphatic heterocycles. The molecule has 0 saturated carbocycles. The van der Waals surface area contributed by atoms with Crippen molar-refractivity contribution in [2.24, 2.45) is 0 Å². The van der Waals surface area contributed by atoms with Crippen molar-refractivity contribution >= 4 is 31.4 Å². The van der Waals surface area contributed by atoms with Crippen molar-refractivity contribution in [3.63, 3.8) is 0 Å². The molecule has 0 heterocycles. The van der Waals surface area contributed by atoms with Gasteiger partial charge in [-0.25, -0.2) is 16.8 Å². The Bertz CT molecular complexity index is 1190. The fourth-order valence-electron chi connectivity index (χ4n) is 3.33. The number of hydrogen-bond donors (Lipinski definition) is 0. The number of rotatable bonds is 15. The molecule has 0 bridgehead atoms. The second kappa shape index (κ2) is 12.8. The molecule has 0 amide bonds. The summed E-state index contributed by atoms with van der Waals surface area (Å²) in [5, 5.41) is 22.4. The fourth-order valence-corrected chi connectivity index (χ4v) is 6.21. The van der Waals surface area contributed by atoms with E-state index in [1.807, 2.05) is 0 Å². The molecule has 16 heteroatoms. The molecule has 0 aliphatic carbocycles. The third-order valence-electron chi connectivity index (χ3n) is 5.05. The molecule has 0 spiro atoms. The maximum absolute atomic E-state index is 12.8. The number of nitro groups is 2. The number of unbranched alkanes of at least 4 members (excludes halogenated alkanes) is 3. The first-order chi connectivity index (χ1) is 17.0. The summed E-state index contributed by atoms with van der Waals surface area (Å²) in [6, 6.07) is 9.86. The van der Waals surface area contributed by atoms with E-state index in [4.69, 9.17) is 9.68 Å². The van der Waals surface area contributed by atoms with Crippen molar-refractivity contribution < 1.29 is 36.4 Å². The zero-order valence-corrected chi connectivity index (χ0v) is 21.2. The predicted molar refractivity (Wildman–Crippen MR) is 126 cm³/mol. The van der Waals surface area contributed by atoms with Crippen LogP contribution in [0.5, 0.6) is 0 Å². The van der Waals surface area contributed by atoms with Crippen molar-refractivity contribution in [1.29, 1.82) is 0 Å². The minimum Gasteiger partial charge on any atom is -0.287 e. The Labute approximate surface area is 208 Å². The van der Waals surface area contributed by atoms with Crippen molar-refractivity contribution in [3.8, 4) is 0 Å². The van der Waals surface area contributed by atoms with Gasteiger partial charge in [-0.2, -0.15) is 0 Å². The van der Waals surface area contributed by atoms with Crippen molar-refractivity contribution in [2.45, 2.75) is 35.5 Å². The average molecular weight is 547 g/mol. The van der Waals surface area contributed by atoms with Gasteiger partial charge in [0.1, 0.15) is 0 Å². The summed E-state index contributed by atoms with van der Waals surface area (Å²) in [6.07, 6.45) is 1.57. The third kappa shape index (κ3) is 6.80. The maximum Gasteiger partial charge on any atom is 0.289 e. The second-order valence-corrected chi connectivity index (χ2v) is 10.9. The Kier molecular flexibility index (Phi) is 10.4. The molecule has 0 aliphatic rings. The Balaban J connectivity index is 1.95. The van der Waals surface area contributed by atoms with Crippen molar-refractivity contribution in [3.05, 3.63) is 68.8 Å². The van der Waals surface area contributed by atoms with E-state index in [2.05, 4.69) is 0 Å². The highest BCUT2D eigenvalue weighted by atomic mass is 32.2. The van der Waals surface area contributed by atoms with Gasteiger partial charge in [-0.1, -0.05) is 46.0 Å². The number of benzene rings is 2. The van der Waals surface area contributed by atoms with E-state index >= 15 is 0 Å². The van der Waals surface area contributed by atoms with Gasteiger partial charge in [0.05, 0.1) is 24.1 Å². The van der Waals surface area contributed by atoms with Crippen LogP contribution >= 0.6 is 0 Å². The largest absolute Gasteiger partial charge is 0.289 e. The highest BCUT2D eigenvalue weighted by Gasteiger charge is 2.32. The van der Waals surface area contributed by atoms with Crippen molar-refractivity contribution in [2.75, 3.05) is 27.3 Å². The maximum atomic E-state index is 12.8. The van der Waals surface area contributed by atoms with Gasteiger partial charge in [0.15, 0.2) is 9.79 Å². The number of nitrogens with zero attached hydrogens (tertiary/aromatic N) is 4. The molecule has 0 unspecified atom stereocenters. The quantitative estimate of drug-likeness (QED) is 0.183. The molecular weight excluding hydrogens is 520 g/mol. The normalized spacial score (nSPS) is 12.2. The Hall–Kier alpha value is -3.02. The van der Waals surface area contributed by atoms with Crippen LogP contribution < -0.4 is 0 Å². The number of para-hydroxylation sites is 2. The lowest BCUT2D eigenvalue weighted by Crippen LogP contribution is -2.32. The van der Waals surface area contributed by atoms with Crippen LogP contribution in [0.25, 0.3) is 0 Å². The third-order valence-corrected chi connectivity index (χ3v) is 8.59. The first-order valence-corrected chi connectivity index (χ1v) is 13.5. The Morgan fingerprint density at radius 3 is 1.31 bits per heavy atom. The highest BCUT2D eigenvalue weighted by Crippen LogP contribution is 2.28. The van der Waals surface area contributed by atoms with E-state index in [-0.39, 0.29) is 13.1 Å². The van der Waals surface area contributed by atoms with Gasteiger partial charge in [-0.3, -0.25) is 29.9 Å². The number of hydrogen-bond acceptors (Lipinski definition) is 10. The van der Waals surface area contributed by atoms with E-state index < -0.39 is 51.1 Å². The van der Waals surface area contributed by atoms with Gasteiger partial charge in [0, 0.05) is 25.2 Å². The zero-order valence-electron chi connectivity index (χ0n) is 19.5. The molecule has 0 fully saturated rings. The molecule has 2 aromatic carbocycles. The summed E-state index contributed by atoms with van der Waals surface area (Å²) < 4.78 is 52.6. The standard InChI is InChI=1S/C20H26N4O10S2/c1-33-21(35(29,30)19-13-7-5-11-17(19)23(25)26)15-9-3-4-10-16-22(34-2)36(31,32)20-14-8-6-12-18(20)24(27)28/h5-8,11-14H,3-4,9-10,15-16H2,1-2H3. The van der Waals surface area contributed by atoms with Crippen LogP contribution in [-0.4, -0.2) is 62.9 Å². The molecule has 0 atom stereocenters. The van der Waals surface area contributed by atoms with Gasteiger partial charge in [0.2, 0.25) is 0 Å². The van der Waals surface area contributed by atoms with Crippen LogP contribution in [0.3, 0.4) is 0 Å². The summed E-state index contributed by atoms with van der Waals surface area (Å²) in [6.45, 7) is -0.180. The van der Waals surface area contributed by atoms with Crippen LogP contribution in [0, 0.1) is 20.2 Å². The van der Waals surface area contributed by atoms with Crippen LogP contribution in [0.4, 0.5) is 11.4 Å². The first kappa shape index (κ1) is 29.2. The van der Waals surface area contributed by atoms with Gasteiger partial charge >= 0.3 is 0 Å². The lowest BCUT2D eigenvalue weighted by molar-refractivity contribution is -0.388. The number of nitro benzene ring substituents is 2. The Morgan fingerprint density at radius 2 is 1.00 bits per heavy atom. The van der Waals surface area contributed by atoms with E-state index in [1.54, 1.807) is 0 Å².